The van der Waals surface area contributed by atoms with Gasteiger partial charge in [0.15, 0.2) is 0 Å². The monoisotopic (exact) mass is 239 g/mol. The molecule has 3 amide bonds. The molecule has 0 bridgehead atoms. The Morgan fingerprint density at radius 2 is 1.88 bits per heavy atom. The van der Waals surface area contributed by atoms with E-state index in [4.69, 9.17) is 0 Å². The van der Waals surface area contributed by atoms with Crippen LogP contribution in [0.4, 0.5) is 0 Å². The molecule has 0 aromatic rings. The Morgan fingerprint density at radius 3 is 2.41 bits per heavy atom. The van der Waals surface area contributed by atoms with Crippen LogP contribution in [0.15, 0.2) is 0 Å². The maximum absolute atomic E-state index is 12.1. The summed E-state index contributed by atoms with van der Waals surface area (Å²) in [4.78, 5) is 35.8. The molecule has 2 heterocycles. The minimum Gasteiger partial charge on any atom is -0.324 e. The van der Waals surface area contributed by atoms with Gasteiger partial charge in [-0.25, -0.2) is 0 Å². The highest BCUT2D eigenvalue weighted by molar-refractivity contribution is 6.02. The molecule has 0 spiro atoms. The molecule has 6 heteroatoms. The van der Waals surface area contributed by atoms with E-state index in [1.807, 2.05) is 0 Å². The predicted molar refractivity (Wildman–Crippen MR) is 59.9 cm³/mol. The summed E-state index contributed by atoms with van der Waals surface area (Å²) >= 11 is 0. The number of piperidine rings is 1. The Bertz CT molecular complexity index is 332. The van der Waals surface area contributed by atoms with E-state index >= 15 is 0 Å². The fourth-order valence-electron chi connectivity index (χ4n) is 2.26. The molecule has 17 heavy (non-hydrogen) atoms. The van der Waals surface area contributed by atoms with Crippen LogP contribution in [0, 0.1) is 5.92 Å². The molecule has 94 valence electrons. The highest BCUT2D eigenvalue weighted by atomic mass is 16.2. The van der Waals surface area contributed by atoms with Gasteiger partial charge in [-0.05, 0) is 19.8 Å². The van der Waals surface area contributed by atoms with E-state index in [9.17, 15) is 14.4 Å². The van der Waals surface area contributed by atoms with E-state index < -0.39 is 11.8 Å². The maximum atomic E-state index is 12.1. The van der Waals surface area contributed by atoms with Crippen LogP contribution in [0.1, 0.15) is 19.8 Å². The van der Waals surface area contributed by atoms with Crippen LogP contribution in [-0.4, -0.2) is 48.3 Å². The number of nitrogens with one attached hydrogen (secondary N) is 2. The number of amides is 3. The van der Waals surface area contributed by atoms with Gasteiger partial charge in [0, 0.05) is 12.6 Å². The minimum absolute atomic E-state index is 0.00335. The van der Waals surface area contributed by atoms with Gasteiger partial charge in [0.25, 0.3) is 0 Å². The maximum Gasteiger partial charge on any atom is 0.246 e. The number of rotatable bonds is 1. The van der Waals surface area contributed by atoms with Crippen molar-refractivity contribution in [3.05, 3.63) is 0 Å². The first-order valence-electron chi connectivity index (χ1n) is 5.91. The van der Waals surface area contributed by atoms with Gasteiger partial charge in [0.05, 0.1) is 5.92 Å². The second-order valence-electron chi connectivity index (χ2n) is 4.75. The highest BCUT2D eigenvalue weighted by Gasteiger charge is 2.32. The van der Waals surface area contributed by atoms with E-state index in [0.717, 1.165) is 12.8 Å². The van der Waals surface area contributed by atoms with Crippen LogP contribution in [0.5, 0.6) is 0 Å². The number of carbonyl (C=O) groups is 3. The first-order chi connectivity index (χ1) is 8.06. The summed E-state index contributed by atoms with van der Waals surface area (Å²) in [6.07, 6.45) is 1.77. The fraction of sp³-hybridized carbons (Fsp3) is 0.727. The van der Waals surface area contributed by atoms with Crippen molar-refractivity contribution in [3.63, 3.8) is 0 Å². The van der Waals surface area contributed by atoms with Crippen molar-refractivity contribution in [3.8, 4) is 0 Å². The van der Waals surface area contributed by atoms with Crippen LogP contribution in [0.3, 0.4) is 0 Å². The van der Waals surface area contributed by atoms with Gasteiger partial charge in [-0.15, -0.1) is 0 Å². The van der Waals surface area contributed by atoms with Gasteiger partial charge < -0.3 is 10.2 Å². The Morgan fingerprint density at radius 1 is 1.24 bits per heavy atom. The summed E-state index contributed by atoms with van der Waals surface area (Å²) in [7, 11) is 0. The van der Waals surface area contributed by atoms with Crippen molar-refractivity contribution >= 4 is 17.7 Å². The van der Waals surface area contributed by atoms with Crippen molar-refractivity contribution in [2.45, 2.75) is 25.8 Å². The molecule has 2 N–H and O–H groups in total. The van der Waals surface area contributed by atoms with Crippen molar-refractivity contribution in [2.75, 3.05) is 19.6 Å². The average molecular weight is 239 g/mol. The largest absolute Gasteiger partial charge is 0.324 e. The van der Waals surface area contributed by atoms with Crippen molar-refractivity contribution < 1.29 is 14.4 Å². The van der Waals surface area contributed by atoms with Crippen LogP contribution < -0.4 is 10.6 Å². The van der Waals surface area contributed by atoms with Gasteiger partial charge in [0.1, 0.15) is 13.1 Å². The SMILES string of the molecule is CC1CCC(C(=O)N2CC(=O)NC(=O)C2)CN1. The molecule has 0 radical (unpaired) electrons. The first kappa shape index (κ1) is 12.0. The van der Waals surface area contributed by atoms with Gasteiger partial charge in [-0.2, -0.15) is 0 Å². The lowest BCUT2D eigenvalue weighted by Crippen LogP contribution is -2.56. The molecule has 2 rings (SSSR count). The molecule has 0 saturated carbocycles. The number of hydrogen-bond acceptors (Lipinski definition) is 4. The van der Waals surface area contributed by atoms with Gasteiger partial charge in [-0.3, -0.25) is 19.7 Å². The molecule has 2 saturated heterocycles. The standard InChI is InChI=1S/C11H17N3O3/c1-7-2-3-8(4-12-7)11(17)14-5-9(15)13-10(16)6-14/h7-8,12H,2-6H2,1H3,(H,13,15,16). The number of carbonyl (C=O) groups excluding carboxylic acids is 3. The van der Waals surface area contributed by atoms with Crippen LogP contribution in [-0.2, 0) is 14.4 Å². The number of imide groups is 1. The third kappa shape index (κ3) is 2.82. The number of nitrogens with zero attached hydrogens (tertiary/aromatic N) is 1. The van der Waals surface area contributed by atoms with E-state index in [0.29, 0.717) is 12.6 Å². The zero-order valence-electron chi connectivity index (χ0n) is 9.86. The van der Waals surface area contributed by atoms with Gasteiger partial charge in [0.2, 0.25) is 17.7 Å². The lowest BCUT2D eigenvalue weighted by molar-refractivity contribution is -0.148. The van der Waals surface area contributed by atoms with E-state index in [1.54, 1.807) is 0 Å². The summed E-state index contributed by atoms with van der Waals surface area (Å²) < 4.78 is 0. The normalized spacial score (nSPS) is 30.1. The lowest BCUT2D eigenvalue weighted by Gasteiger charge is -2.32. The second kappa shape index (κ2) is 4.83. The smallest absolute Gasteiger partial charge is 0.246 e. The molecular formula is C11H17N3O3. The van der Waals surface area contributed by atoms with E-state index in [2.05, 4.69) is 17.6 Å². The van der Waals surface area contributed by atoms with Gasteiger partial charge >= 0.3 is 0 Å². The first-order valence-corrected chi connectivity index (χ1v) is 5.91. The summed E-state index contributed by atoms with van der Waals surface area (Å²) in [5, 5.41) is 5.43. The summed E-state index contributed by atoms with van der Waals surface area (Å²) in [5.41, 5.74) is 0. The Hall–Kier alpha value is -1.43. The van der Waals surface area contributed by atoms with Crippen LogP contribution in [0.25, 0.3) is 0 Å². The highest BCUT2D eigenvalue weighted by Crippen LogP contribution is 2.17. The molecule has 2 fully saturated rings. The fourth-order valence-corrected chi connectivity index (χ4v) is 2.26. The summed E-state index contributed by atoms with van der Waals surface area (Å²) in [5.74, 6) is -0.990. The van der Waals surface area contributed by atoms with Gasteiger partial charge in [-0.1, -0.05) is 0 Å². The molecule has 2 aliphatic rings. The van der Waals surface area contributed by atoms with Crippen molar-refractivity contribution in [1.82, 2.24) is 15.5 Å². The van der Waals surface area contributed by atoms with E-state index in [-0.39, 0.29) is 24.9 Å². The third-order valence-electron chi connectivity index (χ3n) is 3.27. The Labute approximate surface area is 99.7 Å². The Kier molecular flexibility index (Phi) is 3.42. The number of hydrogen-bond donors (Lipinski definition) is 2. The molecule has 0 aromatic carbocycles. The molecule has 6 nitrogen and oxygen atoms in total. The Balaban J connectivity index is 1.95. The molecule has 0 aliphatic carbocycles. The average Bonchev–Trinajstić information content (AvgIpc) is 2.28. The minimum atomic E-state index is -0.397. The molecule has 0 aromatic heterocycles. The zero-order chi connectivity index (χ0) is 12.4. The molecule has 2 aliphatic heterocycles. The topological polar surface area (TPSA) is 78.5 Å². The molecular weight excluding hydrogens is 222 g/mol. The lowest BCUT2D eigenvalue weighted by atomic mass is 9.94. The zero-order valence-corrected chi connectivity index (χ0v) is 9.86. The third-order valence-corrected chi connectivity index (χ3v) is 3.27. The van der Waals surface area contributed by atoms with Crippen molar-refractivity contribution in [1.29, 1.82) is 0 Å². The van der Waals surface area contributed by atoms with Crippen LogP contribution >= 0.6 is 0 Å². The van der Waals surface area contributed by atoms with Crippen LogP contribution in [0.2, 0.25) is 0 Å². The van der Waals surface area contributed by atoms with Crippen molar-refractivity contribution in [2.24, 2.45) is 5.92 Å². The molecule has 2 atom stereocenters. The number of piperazine rings is 1. The predicted octanol–water partition coefficient (Wildman–Crippen LogP) is -1.14. The summed E-state index contributed by atoms with van der Waals surface area (Å²) in [6.45, 7) is 2.71. The molecule has 2 unspecified atom stereocenters. The second-order valence-corrected chi connectivity index (χ2v) is 4.75. The van der Waals surface area contributed by atoms with E-state index in [1.165, 1.54) is 4.90 Å². The summed E-state index contributed by atoms with van der Waals surface area (Å²) in [6, 6.07) is 0.435. The quantitative estimate of drug-likeness (QED) is 0.567.